The van der Waals surface area contributed by atoms with Crippen molar-refractivity contribution >= 4 is 5.91 Å². The van der Waals surface area contributed by atoms with Crippen molar-refractivity contribution in [3.05, 3.63) is 72.1 Å². The molecule has 3 aromatic rings. The van der Waals surface area contributed by atoms with Crippen molar-refractivity contribution in [2.75, 3.05) is 6.54 Å². The number of carbonyl (C=O) groups is 1. The minimum absolute atomic E-state index is 0.174. The fraction of sp³-hybridized carbons (Fsp3) is 0.176. The summed E-state index contributed by atoms with van der Waals surface area (Å²) in [7, 11) is 0. The number of aromatic hydroxyl groups is 1. The number of phenolic OH excluding ortho intramolecular Hbond substituents is 1. The first-order valence-electron chi connectivity index (χ1n) is 7.57. The minimum atomic E-state index is -0.610. The summed E-state index contributed by atoms with van der Waals surface area (Å²) in [6, 6.07) is 15.7. The number of phenols is 1. The molecule has 0 saturated carbocycles. The molecule has 7 nitrogen and oxygen atoms in total. The van der Waals surface area contributed by atoms with Crippen molar-refractivity contribution in [1.82, 2.24) is 25.5 Å². The van der Waals surface area contributed by atoms with Gasteiger partial charge in [-0.05, 0) is 40.1 Å². The Morgan fingerprint density at radius 1 is 1.12 bits per heavy atom. The molecule has 0 aliphatic carbocycles. The Morgan fingerprint density at radius 3 is 2.54 bits per heavy atom. The number of hydrogen-bond acceptors (Lipinski definition) is 5. The number of tetrazole rings is 1. The molecule has 0 spiro atoms. The Labute approximate surface area is 138 Å². The van der Waals surface area contributed by atoms with Crippen LogP contribution in [0.3, 0.4) is 0 Å². The topological polar surface area (TPSA) is 92.9 Å². The monoisotopic (exact) mass is 323 g/mol. The van der Waals surface area contributed by atoms with Gasteiger partial charge in [0.25, 0.3) is 0 Å². The highest BCUT2D eigenvalue weighted by molar-refractivity contribution is 5.83. The average molecular weight is 323 g/mol. The molecule has 3 rings (SSSR count). The Kier molecular flexibility index (Phi) is 4.81. The molecule has 2 N–H and O–H groups in total. The Morgan fingerprint density at radius 2 is 1.88 bits per heavy atom. The van der Waals surface area contributed by atoms with Gasteiger partial charge in [0, 0.05) is 6.54 Å². The zero-order valence-corrected chi connectivity index (χ0v) is 12.9. The molecule has 1 amide bonds. The number of nitrogens with one attached hydrogen (secondary N) is 1. The van der Waals surface area contributed by atoms with E-state index >= 15 is 0 Å². The van der Waals surface area contributed by atoms with Crippen molar-refractivity contribution in [1.29, 1.82) is 0 Å². The summed E-state index contributed by atoms with van der Waals surface area (Å²) in [5.41, 5.74) is 1.85. The van der Waals surface area contributed by atoms with Crippen LogP contribution in [-0.2, 0) is 11.2 Å². The summed E-state index contributed by atoms with van der Waals surface area (Å²) in [4.78, 5) is 12.6. The molecule has 1 aromatic heterocycles. The summed E-state index contributed by atoms with van der Waals surface area (Å²) in [5.74, 6) is 0.0536. The summed E-state index contributed by atoms with van der Waals surface area (Å²) < 4.78 is 1.44. The van der Waals surface area contributed by atoms with Gasteiger partial charge in [-0.3, -0.25) is 4.79 Å². The number of nitrogens with zero attached hydrogens (tertiary/aromatic N) is 4. The molecule has 1 heterocycles. The fourth-order valence-electron chi connectivity index (χ4n) is 2.44. The molecule has 0 bridgehead atoms. The van der Waals surface area contributed by atoms with E-state index in [4.69, 9.17) is 0 Å². The number of aromatic nitrogens is 4. The van der Waals surface area contributed by atoms with E-state index in [9.17, 15) is 9.90 Å². The zero-order chi connectivity index (χ0) is 16.8. The van der Waals surface area contributed by atoms with Crippen LogP contribution in [0.5, 0.6) is 5.75 Å². The van der Waals surface area contributed by atoms with Gasteiger partial charge in [-0.25, -0.2) is 4.68 Å². The van der Waals surface area contributed by atoms with Gasteiger partial charge in [0.05, 0.1) is 0 Å². The van der Waals surface area contributed by atoms with Crippen molar-refractivity contribution in [2.24, 2.45) is 0 Å². The van der Waals surface area contributed by atoms with Crippen LogP contribution in [0.1, 0.15) is 17.2 Å². The lowest BCUT2D eigenvalue weighted by molar-refractivity contribution is -0.123. The van der Waals surface area contributed by atoms with Gasteiger partial charge in [-0.2, -0.15) is 0 Å². The van der Waals surface area contributed by atoms with E-state index in [2.05, 4.69) is 20.8 Å². The maximum atomic E-state index is 12.6. The molecule has 7 heteroatoms. The van der Waals surface area contributed by atoms with Crippen molar-refractivity contribution in [3.8, 4) is 5.75 Å². The standard InChI is InChI=1S/C17H17N5O2/c23-15-8-6-13(7-9-15)10-11-18-17(24)16(22-12-19-20-21-22)14-4-2-1-3-5-14/h1-9,12,16,23H,10-11H2,(H,18,24)/t16-/m0/s1. The summed E-state index contributed by atoms with van der Waals surface area (Å²) in [6.07, 6.45) is 2.10. The van der Waals surface area contributed by atoms with Gasteiger partial charge in [-0.15, -0.1) is 5.10 Å². The maximum absolute atomic E-state index is 12.6. The van der Waals surface area contributed by atoms with Gasteiger partial charge in [0.15, 0.2) is 6.04 Å². The SMILES string of the molecule is O=C(NCCc1ccc(O)cc1)[C@H](c1ccccc1)n1cnnn1. The van der Waals surface area contributed by atoms with Crippen LogP contribution in [0.15, 0.2) is 60.9 Å². The Balaban J connectivity index is 1.67. The highest BCUT2D eigenvalue weighted by Crippen LogP contribution is 2.17. The van der Waals surface area contributed by atoms with E-state index in [0.29, 0.717) is 13.0 Å². The first-order chi connectivity index (χ1) is 11.7. The molecule has 0 aliphatic heterocycles. The number of rotatable bonds is 6. The first-order valence-corrected chi connectivity index (χ1v) is 7.57. The van der Waals surface area contributed by atoms with E-state index in [1.54, 1.807) is 12.1 Å². The second kappa shape index (κ2) is 7.36. The van der Waals surface area contributed by atoms with Crippen LogP contribution in [0.25, 0.3) is 0 Å². The number of carbonyl (C=O) groups excluding carboxylic acids is 1. The molecule has 0 saturated heterocycles. The van der Waals surface area contributed by atoms with Crippen LogP contribution in [-0.4, -0.2) is 37.8 Å². The van der Waals surface area contributed by atoms with Gasteiger partial charge >= 0.3 is 0 Å². The number of benzene rings is 2. The number of hydrogen-bond donors (Lipinski definition) is 2. The maximum Gasteiger partial charge on any atom is 0.249 e. The average Bonchev–Trinajstić information content (AvgIpc) is 3.12. The largest absolute Gasteiger partial charge is 0.508 e. The van der Waals surface area contributed by atoms with Gasteiger partial charge in [0.1, 0.15) is 12.1 Å². The molecule has 0 fully saturated rings. The van der Waals surface area contributed by atoms with Crippen molar-refractivity contribution in [2.45, 2.75) is 12.5 Å². The lowest BCUT2D eigenvalue weighted by Gasteiger charge is -2.16. The molecule has 0 unspecified atom stereocenters. The van der Waals surface area contributed by atoms with Crippen LogP contribution < -0.4 is 5.32 Å². The van der Waals surface area contributed by atoms with E-state index < -0.39 is 6.04 Å². The Bertz CT molecular complexity index is 773. The van der Waals surface area contributed by atoms with Gasteiger partial charge in [0.2, 0.25) is 5.91 Å². The quantitative estimate of drug-likeness (QED) is 0.714. The molecule has 122 valence electrons. The second-order valence-electron chi connectivity index (χ2n) is 5.31. The highest BCUT2D eigenvalue weighted by Gasteiger charge is 2.23. The predicted molar refractivity (Wildman–Crippen MR) is 87.2 cm³/mol. The second-order valence-corrected chi connectivity index (χ2v) is 5.31. The minimum Gasteiger partial charge on any atom is -0.508 e. The zero-order valence-electron chi connectivity index (χ0n) is 12.9. The fourth-order valence-corrected chi connectivity index (χ4v) is 2.44. The summed E-state index contributed by atoms with van der Waals surface area (Å²) in [5, 5.41) is 23.3. The van der Waals surface area contributed by atoms with Crippen molar-refractivity contribution < 1.29 is 9.90 Å². The predicted octanol–water partition coefficient (Wildman–Crippen LogP) is 1.33. The number of amides is 1. The van der Waals surface area contributed by atoms with Gasteiger partial charge < -0.3 is 10.4 Å². The third-order valence-corrected chi connectivity index (χ3v) is 3.64. The van der Waals surface area contributed by atoms with E-state index in [1.165, 1.54) is 11.0 Å². The lowest BCUT2D eigenvalue weighted by atomic mass is 10.1. The molecule has 2 aromatic carbocycles. The molecule has 1 atom stereocenters. The summed E-state index contributed by atoms with van der Waals surface area (Å²) in [6.45, 7) is 0.481. The summed E-state index contributed by atoms with van der Waals surface area (Å²) >= 11 is 0. The first kappa shape index (κ1) is 15.7. The van der Waals surface area contributed by atoms with E-state index in [1.807, 2.05) is 42.5 Å². The Hall–Kier alpha value is -3.22. The molecule has 24 heavy (non-hydrogen) atoms. The van der Waals surface area contributed by atoms with Gasteiger partial charge in [-0.1, -0.05) is 42.5 Å². The van der Waals surface area contributed by atoms with Crippen LogP contribution in [0.4, 0.5) is 0 Å². The lowest BCUT2D eigenvalue weighted by Crippen LogP contribution is -2.34. The third kappa shape index (κ3) is 3.75. The van der Waals surface area contributed by atoms with Crippen LogP contribution in [0.2, 0.25) is 0 Å². The normalized spacial score (nSPS) is 11.8. The van der Waals surface area contributed by atoms with Crippen molar-refractivity contribution in [3.63, 3.8) is 0 Å². The van der Waals surface area contributed by atoms with E-state index in [0.717, 1.165) is 11.1 Å². The third-order valence-electron chi connectivity index (χ3n) is 3.64. The molecular weight excluding hydrogens is 306 g/mol. The molecule has 0 aliphatic rings. The van der Waals surface area contributed by atoms with Crippen LogP contribution >= 0.6 is 0 Å². The molecular formula is C17H17N5O2. The smallest absolute Gasteiger partial charge is 0.249 e. The van der Waals surface area contributed by atoms with Crippen LogP contribution in [0, 0.1) is 0 Å². The van der Waals surface area contributed by atoms with E-state index in [-0.39, 0.29) is 11.7 Å². The highest BCUT2D eigenvalue weighted by atomic mass is 16.3. The molecule has 0 radical (unpaired) electrons.